The Morgan fingerprint density at radius 2 is 1.87 bits per heavy atom. The lowest BCUT2D eigenvalue weighted by molar-refractivity contribution is 0.0475. The molecule has 0 saturated carbocycles. The second kappa shape index (κ2) is 7.17. The first-order valence-corrected chi connectivity index (χ1v) is 10.4. The zero-order valence-corrected chi connectivity index (χ0v) is 17.2. The molecule has 2 N–H and O–H groups in total. The Hall–Kier alpha value is -3.34. The summed E-state index contributed by atoms with van der Waals surface area (Å²) in [5, 5.41) is 1.94. The van der Waals surface area contributed by atoms with E-state index in [4.69, 9.17) is 4.74 Å². The van der Waals surface area contributed by atoms with Gasteiger partial charge in [-0.1, -0.05) is 25.1 Å². The molecule has 0 fully saturated rings. The maximum atomic E-state index is 12.8. The zero-order chi connectivity index (χ0) is 20.8. The number of carbonyl (C=O) groups excluding carboxylic acids is 2. The smallest absolute Gasteiger partial charge is 0.338 e. The van der Waals surface area contributed by atoms with Crippen LogP contribution in [0.1, 0.15) is 51.0 Å². The van der Waals surface area contributed by atoms with Crippen LogP contribution in [0.4, 0.5) is 0 Å². The lowest BCUT2D eigenvalue weighted by Crippen LogP contribution is -2.15. The Morgan fingerprint density at radius 3 is 2.73 bits per heavy atom. The van der Waals surface area contributed by atoms with Gasteiger partial charge < -0.3 is 14.7 Å². The van der Waals surface area contributed by atoms with Crippen molar-refractivity contribution in [3.05, 3.63) is 70.5 Å². The lowest BCUT2D eigenvalue weighted by Gasteiger charge is -2.18. The minimum absolute atomic E-state index is 0.202. The Morgan fingerprint density at radius 1 is 1.07 bits per heavy atom. The second-order valence-corrected chi connectivity index (χ2v) is 8.36. The third kappa shape index (κ3) is 3.11. The van der Waals surface area contributed by atoms with E-state index in [0.717, 1.165) is 40.3 Å². The monoisotopic (exact) mass is 400 g/mol. The first kappa shape index (κ1) is 18.7. The van der Waals surface area contributed by atoms with E-state index >= 15 is 0 Å². The average Bonchev–Trinajstić information content (AvgIpc) is 3.27. The van der Waals surface area contributed by atoms with E-state index in [1.54, 1.807) is 6.07 Å². The molecule has 1 aliphatic carbocycles. The molecule has 5 heteroatoms. The van der Waals surface area contributed by atoms with E-state index in [1.165, 1.54) is 17.7 Å². The van der Waals surface area contributed by atoms with Crippen LogP contribution in [0.2, 0.25) is 0 Å². The van der Waals surface area contributed by atoms with Crippen LogP contribution in [0.25, 0.3) is 21.8 Å². The molecule has 0 radical (unpaired) electrons. The van der Waals surface area contributed by atoms with Crippen LogP contribution in [-0.2, 0) is 17.6 Å². The van der Waals surface area contributed by atoms with Gasteiger partial charge in [0.1, 0.15) is 0 Å². The van der Waals surface area contributed by atoms with E-state index in [0.29, 0.717) is 17.0 Å². The molecule has 4 aromatic rings. The largest absolute Gasteiger partial charge is 0.454 e. The van der Waals surface area contributed by atoms with Gasteiger partial charge in [0.15, 0.2) is 6.61 Å². The van der Waals surface area contributed by atoms with Crippen molar-refractivity contribution < 1.29 is 14.3 Å². The molecule has 1 atom stereocenters. The summed E-state index contributed by atoms with van der Waals surface area (Å²) >= 11 is 0. The molecule has 0 spiro atoms. The predicted octanol–water partition coefficient (Wildman–Crippen LogP) is 5.12. The van der Waals surface area contributed by atoms with Crippen molar-refractivity contribution in [3.8, 4) is 0 Å². The molecule has 0 bridgehead atoms. The number of ether oxygens (including phenoxy) is 1. The number of hydrogen-bond acceptors (Lipinski definition) is 3. The highest BCUT2D eigenvalue weighted by atomic mass is 16.5. The van der Waals surface area contributed by atoms with Crippen molar-refractivity contribution in [1.29, 1.82) is 0 Å². The quantitative estimate of drug-likeness (QED) is 0.369. The summed E-state index contributed by atoms with van der Waals surface area (Å²) < 4.78 is 5.40. The Balaban J connectivity index is 1.36. The maximum absolute atomic E-state index is 12.8. The molecule has 0 unspecified atom stereocenters. The Bertz CT molecular complexity index is 1290. The number of carbonyl (C=O) groups is 2. The summed E-state index contributed by atoms with van der Waals surface area (Å²) in [5.41, 5.74) is 6.39. The number of aromatic nitrogens is 2. The van der Waals surface area contributed by atoms with Gasteiger partial charge in [0.2, 0.25) is 5.78 Å². The summed E-state index contributed by atoms with van der Waals surface area (Å²) in [6, 6.07) is 13.2. The molecule has 0 aliphatic heterocycles. The van der Waals surface area contributed by atoms with Crippen molar-refractivity contribution in [2.45, 2.75) is 33.1 Å². The van der Waals surface area contributed by atoms with E-state index < -0.39 is 5.97 Å². The van der Waals surface area contributed by atoms with Crippen LogP contribution in [0.5, 0.6) is 0 Å². The van der Waals surface area contributed by atoms with Gasteiger partial charge in [-0.05, 0) is 61.9 Å². The van der Waals surface area contributed by atoms with Gasteiger partial charge in [-0.2, -0.15) is 0 Å². The highest BCUT2D eigenvalue weighted by molar-refractivity contribution is 6.10. The topological polar surface area (TPSA) is 75.0 Å². The minimum atomic E-state index is -0.471. The number of fused-ring (bicyclic) bond motifs is 4. The van der Waals surface area contributed by atoms with Crippen LogP contribution in [0.15, 0.2) is 42.5 Å². The average molecular weight is 400 g/mol. The number of Topliss-reactive ketones (excluding diaryl/α,β-unsaturated/α-hetero) is 1. The van der Waals surface area contributed by atoms with Crippen molar-refractivity contribution in [3.63, 3.8) is 0 Å². The van der Waals surface area contributed by atoms with E-state index in [1.807, 2.05) is 43.3 Å². The molecule has 0 saturated heterocycles. The zero-order valence-electron chi connectivity index (χ0n) is 17.2. The minimum Gasteiger partial charge on any atom is -0.454 e. The fourth-order valence-corrected chi connectivity index (χ4v) is 4.64. The number of esters is 1. The van der Waals surface area contributed by atoms with Crippen LogP contribution in [-0.4, -0.2) is 28.3 Å². The third-order valence-corrected chi connectivity index (χ3v) is 6.18. The summed E-state index contributed by atoms with van der Waals surface area (Å²) in [6.07, 6.45) is 3.25. The number of aromatic amines is 2. The molecule has 0 amide bonds. The van der Waals surface area contributed by atoms with Gasteiger partial charge in [0.05, 0.1) is 5.56 Å². The lowest BCUT2D eigenvalue weighted by atomic mass is 9.87. The molecule has 30 heavy (non-hydrogen) atoms. The molecule has 2 aromatic carbocycles. The molecular weight excluding hydrogens is 376 g/mol. The first-order valence-electron chi connectivity index (χ1n) is 10.4. The maximum Gasteiger partial charge on any atom is 0.338 e. The van der Waals surface area contributed by atoms with Crippen molar-refractivity contribution in [2.24, 2.45) is 5.92 Å². The number of para-hydroxylation sites is 1. The second-order valence-electron chi connectivity index (χ2n) is 8.36. The summed E-state index contributed by atoms with van der Waals surface area (Å²) in [5.74, 6) is -0.0297. The number of nitrogens with one attached hydrogen (secondary N) is 2. The van der Waals surface area contributed by atoms with Gasteiger partial charge >= 0.3 is 5.97 Å². The van der Waals surface area contributed by atoms with Gasteiger partial charge in [0.25, 0.3) is 0 Å². The molecule has 2 aromatic heterocycles. The molecule has 2 heterocycles. The Kier molecular flexibility index (Phi) is 4.46. The molecule has 5 nitrogen and oxygen atoms in total. The first-order chi connectivity index (χ1) is 14.5. The van der Waals surface area contributed by atoms with Crippen molar-refractivity contribution >= 4 is 33.6 Å². The SMILES string of the molecule is Cc1[nH]c2ccccc2c1C(=O)COC(=O)c1ccc2[nH]c3c(c2c1)C[C@H](C)CC3. The van der Waals surface area contributed by atoms with E-state index in [-0.39, 0.29) is 12.4 Å². The van der Waals surface area contributed by atoms with Crippen LogP contribution in [0, 0.1) is 12.8 Å². The van der Waals surface area contributed by atoms with Gasteiger partial charge in [0, 0.05) is 38.8 Å². The number of ketones is 1. The molecule has 5 rings (SSSR count). The normalized spacial score (nSPS) is 16.0. The van der Waals surface area contributed by atoms with E-state index in [2.05, 4.69) is 16.9 Å². The fourth-order valence-electron chi connectivity index (χ4n) is 4.64. The van der Waals surface area contributed by atoms with Crippen LogP contribution < -0.4 is 0 Å². The molecule has 1 aliphatic rings. The molecule has 152 valence electrons. The van der Waals surface area contributed by atoms with Gasteiger partial charge in [-0.25, -0.2) is 4.79 Å². The number of benzene rings is 2. The Labute approximate surface area is 174 Å². The fraction of sp³-hybridized carbons (Fsp3) is 0.280. The predicted molar refractivity (Wildman–Crippen MR) is 117 cm³/mol. The number of aryl methyl sites for hydroxylation is 2. The van der Waals surface area contributed by atoms with Crippen LogP contribution in [0.3, 0.4) is 0 Å². The number of hydrogen-bond donors (Lipinski definition) is 2. The summed E-state index contributed by atoms with van der Waals surface area (Å²) in [7, 11) is 0. The highest BCUT2D eigenvalue weighted by Gasteiger charge is 2.22. The van der Waals surface area contributed by atoms with Crippen molar-refractivity contribution in [2.75, 3.05) is 6.61 Å². The number of rotatable bonds is 4. The third-order valence-electron chi connectivity index (χ3n) is 6.18. The van der Waals surface area contributed by atoms with E-state index in [9.17, 15) is 9.59 Å². The van der Waals surface area contributed by atoms with Crippen LogP contribution >= 0.6 is 0 Å². The standard InChI is InChI=1S/C25H24N2O3/c1-14-7-9-21-18(11-14)19-12-16(8-10-22(19)27-21)25(29)30-13-23(28)24-15(2)26-20-6-4-3-5-17(20)24/h3-6,8,10,12,14,26-27H,7,9,11,13H2,1-2H3/t14-/m1/s1. The van der Waals surface area contributed by atoms with Crippen molar-refractivity contribution in [1.82, 2.24) is 9.97 Å². The van der Waals surface area contributed by atoms with Gasteiger partial charge in [-0.3, -0.25) is 4.79 Å². The highest BCUT2D eigenvalue weighted by Crippen LogP contribution is 2.32. The van der Waals surface area contributed by atoms with Gasteiger partial charge in [-0.15, -0.1) is 0 Å². The number of H-pyrrole nitrogens is 2. The summed E-state index contributed by atoms with van der Waals surface area (Å²) in [6.45, 7) is 3.85. The summed E-state index contributed by atoms with van der Waals surface area (Å²) in [4.78, 5) is 32.1. The molecular formula is C25H24N2O3.